The number of ether oxygens (including phenoxy) is 1. The van der Waals surface area contributed by atoms with E-state index in [1.165, 1.54) is 25.3 Å². The number of anilines is 3. The first-order valence-electron chi connectivity index (χ1n) is 18.8. The van der Waals surface area contributed by atoms with Gasteiger partial charge in [0.1, 0.15) is 37.0 Å². The summed E-state index contributed by atoms with van der Waals surface area (Å²) in [5.74, 6) is -5.87. The lowest BCUT2D eigenvalue weighted by Gasteiger charge is -2.25. The number of carbonyl (C=O) groups is 6. The number of carboxylic acids is 2. The van der Waals surface area contributed by atoms with Crippen LogP contribution < -0.4 is 32.7 Å². The van der Waals surface area contributed by atoms with E-state index in [9.17, 15) is 59.4 Å². The molecule has 1 aromatic carbocycles. The number of hydrogen-bond donors (Lipinski definition) is 13. The van der Waals surface area contributed by atoms with Crippen LogP contribution in [0.25, 0.3) is 11.2 Å². The van der Waals surface area contributed by atoms with Gasteiger partial charge in [-0.3, -0.25) is 19.2 Å². The fourth-order valence-electron chi connectivity index (χ4n) is 5.16. The molecule has 24 nitrogen and oxygen atoms in total. The first kappa shape index (κ1) is 50.7. The average Bonchev–Trinajstić information content (AvgIpc) is 3.24. The van der Waals surface area contributed by atoms with Crippen LogP contribution in [0.4, 0.5) is 17.5 Å². The number of rotatable bonds is 27. The van der Waals surface area contributed by atoms with E-state index in [2.05, 4.69) is 41.2 Å². The minimum Gasteiger partial charge on any atom is -0.480 e. The maximum Gasteiger partial charge on any atom is 0.327 e. The second-order valence-corrected chi connectivity index (χ2v) is 16.2. The highest BCUT2D eigenvalue weighted by atomic mass is 33.1. The van der Waals surface area contributed by atoms with Crippen molar-refractivity contribution < 1.29 is 69.2 Å². The first-order valence-corrected chi connectivity index (χ1v) is 21.3. The van der Waals surface area contributed by atoms with Crippen LogP contribution in [0.15, 0.2) is 30.5 Å². The highest BCUT2D eigenvalue weighted by molar-refractivity contribution is 8.76. The van der Waals surface area contributed by atoms with Crippen LogP contribution >= 0.6 is 21.6 Å². The van der Waals surface area contributed by atoms with Gasteiger partial charge in [0.15, 0.2) is 17.0 Å². The van der Waals surface area contributed by atoms with Crippen LogP contribution in [0.2, 0.25) is 0 Å². The molecule has 2 heterocycles. The zero-order chi connectivity index (χ0) is 45.9. The number of carboxylic acid groups (broad SMARTS) is 2. The molecule has 0 fully saturated rings. The Bertz CT molecular complexity index is 2000. The normalized spacial score (nSPS) is 14.6. The molecule has 0 saturated heterocycles. The van der Waals surface area contributed by atoms with Crippen molar-refractivity contribution in [1.29, 1.82) is 0 Å². The Balaban J connectivity index is 1.31. The molecule has 3 rings (SSSR count). The van der Waals surface area contributed by atoms with Crippen LogP contribution in [0, 0.1) is 5.92 Å². The van der Waals surface area contributed by atoms with E-state index >= 15 is 0 Å². The maximum atomic E-state index is 12.8. The van der Waals surface area contributed by atoms with E-state index in [1.54, 1.807) is 12.1 Å². The Morgan fingerprint density at radius 2 is 1.52 bits per heavy atom. The van der Waals surface area contributed by atoms with Gasteiger partial charge in [0.25, 0.3) is 5.91 Å². The number of aliphatic hydroxyl groups is 5. The monoisotopic (exact) mass is 910 g/mol. The predicted octanol–water partition coefficient (Wildman–Crippen LogP) is -2.38. The number of fused-ring (bicyclic) bond motifs is 1. The lowest BCUT2D eigenvalue weighted by Crippen LogP contribution is -2.49. The standard InChI is InChI=1S/C36H50N10O14S2/c1-17(2-8-25(50)40-14-23(48)28(52)29(53)24(49)15-47)32(54)44-22(35(58)59)16-62-61-11-10-60-26(51)9-7-21(34(56)57)43-33(55)18-3-5-19(6-4-18)39-12-20-13-41-31-27(42-20)30(37)45-36(38)46-31/h3-6,13,17,21-24,28-29,39,47-49,52-53H,2,7-12,14-16H2,1H3,(H,40,50)(H,43,55)(H,44,54)(H,56,57)(H,58,59)(H4,37,38,41,45,46)/t17-,21-,22-,23-,24+,28+,29+/m0/s1. The minimum atomic E-state index is -1.86. The number of hydrogen-bond acceptors (Lipinski definition) is 21. The lowest BCUT2D eigenvalue weighted by atomic mass is 10.0. The van der Waals surface area contributed by atoms with Gasteiger partial charge in [-0.15, -0.1) is 0 Å². The van der Waals surface area contributed by atoms with Gasteiger partial charge < -0.3 is 73.2 Å². The highest BCUT2D eigenvalue weighted by Crippen LogP contribution is 2.22. The van der Waals surface area contributed by atoms with E-state index < -0.39 is 91.2 Å². The van der Waals surface area contributed by atoms with E-state index in [1.807, 2.05) is 0 Å². The van der Waals surface area contributed by atoms with Crippen molar-refractivity contribution >= 4 is 85.8 Å². The van der Waals surface area contributed by atoms with Gasteiger partial charge in [0.05, 0.1) is 31.1 Å². The smallest absolute Gasteiger partial charge is 0.327 e. The third kappa shape index (κ3) is 16.7. The Morgan fingerprint density at radius 3 is 2.18 bits per heavy atom. The minimum absolute atomic E-state index is 0.00448. The summed E-state index contributed by atoms with van der Waals surface area (Å²) in [6, 6.07) is 3.49. The summed E-state index contributed by atoms with van der Waals surface area (Å²) in [6.45, 7) is 0.276. The summed E-state index contributed by atoms with van der Waals surface area (Å²) in [5.41, 5.74) is 13.3. The SMILES string of the molecule is C[C@@H](CCC(=O)NC[C@H](O)[C@@H](O)[C@H](O)[C@H](O)CO)C(=O)N[C@@H](CSSCCOC(=O)CC[C@H](NC(=O)c1ccc(NCc2cnc3nc(N)nc(N)c3n2)cc1)C(=O)O)C(=O)O. The van der Waals surface area contributed by atoms with Crippen molar-refractivity contribution in [3.63, 3.8) is 0 Å². The summed E-state index contributed by atoms with van der Waals surface area (Å²) in [4.78, 5) is 89.9. The number of amides is 3. The number of aromatic nitrogens is 4. The molecule has 0 saturated carbocycles. The van der Waals surface area contributed by atoms with Crippen molar-refractivity contribution in [2.45, 2.75) is 75.7 Å². The largest absolute Gasteiger partial charge is 0.480 e. The van der Waals surface area contributed by atoms with Crippen LogP contribution in [0.1, 0.15) is 48.7 Å². The fraction of sp³-hybridized carbons (Fsp3) is 0.500. The Labute approximate surface area is 361 Å². The summed E-state index contributed by atoms with van der Waals surface area (Å²) in [5, 5.41) is 77.0. The molecule has 0 spiro atoms. The van der Waals surface area contributed by atoms with Gasteiger partial charge >= 0.3 is 17.9 Å². The van der Waals surface area contributed by atoms with Crippen LogP contribution in [0.3, 0.4) is 0 Å². The maximum absolute atomic E-state index is 12.8. The Kier molecular flexibility index (Phi) is 20.7. The number of nitrogens with zero attached hydrogens (tertiary/aromatic N) is 4. The number of aliphatic hydroxyl groups excluding tert-OH is 5. The molecule has 340 valence electrons. The third-order valence-corrected chi connectivity index (χ3v) is 11.2. The van der Waals surface area contributed by atoms with Crippen molar-refractivity contribution in [2.75, 3.05) is 48.0 Å². The van der Waals surface area contributed by atoms with Crippen LogP contribution in [0.5, 0.6) is 0 Å². The fourth-order valence-corrected chi connectivity index (χ4v) is 7.14. The molecule has 7 atom stereocenters. The van der Waals surface area contributed by atoms with Crippen molar-refractivity contribution in [1.82, 2.24) is 35.9 Å². The molecular formula is C36H50N10O14S2. The van der Waals surface area contributed by atoms with Gasteiger partial charge in [0, 0.05) is 48.1 Å². The molecule has 0 unspecified atom stereocenters. The first-order chi connectivity index (χ1) is 29.4. The number of nitrogens with two attached hydrogens (primary N) is 2. The number of aliphatic carboxylic acids is 2. The van der Waals surface area contributed by atoms with Gasteiger partial charge in [-0.05, 0) is 37.1 Å². The van der Waals surface area contributed by atoms with Gasteiger partial charge in [-0.2, -0.15) is 9.97 Å². The van der Waals surface area contributed by atoms with Crippen LogP contribution in [-0.2, 0) is 35.3 Å². The topological polar surface area (TPSA) is 405 Å². The molecule has 26 heteroatoms. The number of esters is 1. The second-order valence-electron chi connectivity index (χ2n) is 13.6. The highest BCUT2D eigenvalue weighted by Gasteiger charge is 2.30. The number of benzene rings is 1. The summed E-state index contributed by atoms with van der Waals surface area (Å²) >= 11 is 0. The molecule has 15 N–H and O–H groups in total. The van der Waals surface area contributed by atoms with E-state index in [0.717, 1.165) is 21.6 Å². The van der Waals surface area contributed by atoms with Crippen LogP contribution in [-0.4, -0.2) is 159 Å². The molecule has 2 aromatic heterocycles. The molecule has 0 radical (unpaired) electrons. The molecule has 3 aromatic rings. The van der Waals surface area contributed by atoms with Gasteiger partial charge in [0.2, 0.25) is 17.8 Å². The zero-order valence-corrected chi connectivity index (χ0v) is 34.9. The Hall–Kier alpha value is -5.64. The van der Waals surface area contributed by atoms with Crippen molar-refractivity contribution in [2.24, 2.45) is 5.92 Å². The van der Waals surface area contributed by atoms with Gasteiger partial charge in [-0.1, -0.05) is 28.5 Å². The average molecular weight is 911 g/mol. The number of nitrogens with one attached hydrogen (secondary N) is 4. The quantitative estimate of drug-likeness (QED) is 0.0216. The molecule has 0 aliphatic carbocycles. The summed E-state index contributed by atoms with van der Waals surface area (Å²) in [7, 11) is 2.25. The lowest BCUT2D eigenvalue weighted by molar-refractivity contribution is -0.144. The molecular weight excluding hydrogens is 861 g/mol. The zero-order valence-electron chi connectivity index (χ0n) is 33.2. The van der Waals surface area contributed by atoms with E-state index in [4.69, 9.17) is 21.3 Å². The van der Waals surface area contributed by atoms with E-state index in [-0.39, 0.29) is 73.3 Å². The molecule has 0 aliphatic rings. The van der Waals surface area contributed by atoms with E-state index in [0.29, 0.717) is 16.9 Å². The van der Waals surface area contributed by atoms with Crippen molar-refractivity contribution in [3.05, 3.63) is 41.7 Å². The molecule has 0 bridgehead atoms. The Morgan fingerprint density at radius 1 is 0.839 bits per heavy atom. The van der Waals surface area contributed by atoms with Crippen molar-refractivity contribution in [3.8, 4) is 0 Å². The molecule has 0 aliphatic heterocycles. The molecule has 62 heavy (non-hydrogen) atoms. The number of nitrogen functional groups attached to an aromatic ring is 2. The predicted molar refractivity (Wildman–Crippen MR) is 224 cm³/mol. The van der Waals surface area contributed by atoms with Gasteiger partial charge in [-0.25, -0.2) is 19.6 Å². The third-order valence-electron chi connectivity index (χ3n) is 8.81. The molecule has 3 amide bonds. The number of carbonyl (C=O) groups excluding carboxylic acids is 4. The second kappa shape index (κ2) is 25.3. The summed E-state index contributed by atoms with van der Waals surface area (Å²) < 4.78 is 5.14. The summed E-state index contributed by atoms with van der Waals surface area (Å²) in [6.07, 6.45) is -6.36.